The molecule has 5 heteroatoms. The summed E-state index contributed by atoms with van der Waals surface area (Å²) < 4.78 is 0. The van der Waals surface area contributed by atoms with Gasteiger partial charge in [0.25, 0.3) is 0 Å². The summed E-state index contributed by atoms with van der Waals surface area (Å²) in [5.74, 6) is 0.666. The summed E-state index contributed by atoms with van der Waals surface area (Å²) in [7, 11) is 0. The minimum Gasteiger partial charge on any atom is -0.412 e. The Bertz CT molecular complexity index is 371. The lowest BCUT2D eigenvalue weighted by molar-refractivity contribution is 0.143. The molecule has 0 aromatic carbocycles. The first kappa shape index (κ1) is 12.4. The maximum absolute atomic E-state index is 8.92. The molecule has 88 valence electrons. The van der Waals surface area contributed by atoms with Crippen LogP contribution in [0.4, 0.5) is 0 Å². The first-order valence-electron chi connectivity index (χ1n) is 5.28. The number of hydrogen-bond acceptors (Lipinski definition) is 3. The van der Waals surface area contributed by atoms with Crippen LogP contribution in [0.15, 0.2) is 30.5 Å². The SMILES string of the molecule is O.On1cc(CCCC2C=CC=CC2)nn1. The Balaban J connectivity index is 0.00000128. The van der Waals surface area contributed by atoms with Crippen molar-refractivity contribution in [3.05, 3.63) is 36.2 Å². The lowest BCUT2D eigenvalue weighted by Gasteiger charge is -2.11. The van der Waals surface area contributed by atoms with E-state index in [1.54, 1.807) is 6.20 Å². The Morgan fingerprint density at radius 1 is 1.44 bits per heavy atom. The van der Waals surface area contributed by atoms with Gasteiger partial charge in [-0.15, -0.1) is 5.10 Å². The van der Waals surface area contributed by atoms with Gasteiger partial charge in [-0.2, -0.15) is 0 Å². The first-order valence-corrected chi connectivity index (χ1v) is 5.28. The van der Waals surface area contributed by atoms with Gasteiger partial charge in [-0.25, -0.2) is 0 Å². The maximum atomic E-state index is 8.92. The summed E-state index contributed by atoms with van der Waals surface area (Å²) in [5.41, 5.74) is 0.854. The number of aryl methyl sites for hydroxylation is 1. The van der Waals surface area contributed by atoms with E-state index < -0.39 is 0 Å². The highest BCUT2D eigenvalue weighted by atomic mass is 16.5. The van der Waals surface area contributed by atoms with Crippen molar-refractivity contribution < 1.29 is 10.7 Å². The molecule has 3 N–H and O–H groups in total. The molecule has 1 unspecified atom stereocenters. The summed E-state index contributed by atoms with van der Waals surface area (Å²) in [5, 5.41) is 16.2. The number of nitrogens with zero attached hydrogens (tertiary/aromatic N) is 3. The highest BCUT2D eigenvalue weighted by molar-refractivity contribution is 5.10. The molecule has 1 aliphatic carbocycles. The van der Waals surface area contributed by atoms with E-state index in [0.29, 0.717) is 5.92 Å². The summed E-state index contributed by atoms with van der Waals surface area (Å²) in [6, 6.07) is 0. The fourth-order valence-electron chi connectivity index (χ4n) is 1.79. The van der Waals surface area contributed by atoms with Gasteiger partial charge in [0.05, 0.1) is 11.9 Å². The summed E-state index contributed by atoms with van der Waals surface area (Å²) in [4.78, 5) is 0.762. The van der Waals surface area contributed by atoms with Crippen LogP contribution in [0.3, 0.4) is 0 Å². The average molecular weight is 223 g/mol. The maximum Gasteiger partial charge on any atom is 0.0900 e. The van der Waals surface area contributed by atoms with Crippen LogP contribution in [0.1, 0.15) is 25.0 Å². The van der Waals surface area contributed by atoms with Crippen molar-refractivity contribution in [2.75, 3.05) is 0 Å². The Labute approximate surface area is 94.4 Å². The van der Waals surface area contributed by atoms with Gasteiger partial charge in [0.15, 0.2) is 0 Å². The second-order valence-electron chi connectivity index (χ2n) is 3.83. The van der Waals surface area contributed by atoms with Crippen LogP contribution in [0.5, 0.6) is 0 Å². The number of hydrogen-bond donors (Lipinski definition) is 1. The molecule has 1 heterocycles. The van der Waals surface area contributed by atoms with Gasteiger partial charge in [-0.1, -0.05) is 29.1 Å². The van der Waals surface area contributed by atoms with E-state index in [9.17, 15) is 0 Å². The van der Waals surface area contributed by atoms with Crippen molar-refractivity contribution in [1.82, 2.24) is 15.2 Å². The monoisotopic (exact) mass is 223 g/mol. The molecular formula is C11H17N3O2. The highest BCUT2D eigenvalue weighted by Crippen LogP contribution is 2.18. The average Bonchev–Trinajstić information content (AvgIpc) is 2.66. The van der Waals surface area contributed by atoms with Gasteiger partial charge in [0.1, 0.15) is 0 Å². The Morgan fingerprint density at radius 3 is 2.94 bits per heavy atom. The normalized spacial score (nSPS) is 18.4. The molecule has 0 radical (unpaired) electrons. The Morgan fingerprint density at radius 2 is 2.31 bits per heavy atom. The molecule has 0 bridgehead atoms. The standard InChI is InChI=1S/C11H15N3O.H2O/c15-14-9-11(12-13-14)8-4-7-10-5-2-1-3-6-10;/h1-3,5,9-10,15H,4,6-8H2;1H2. The summed E-state index contributed by atoms with van der Waals surface area (Å²) >= 11 is 0. The molecule has 0 aliphatic heterocycles. The fraction of sp³-hybridized carbons (Fsp3) is 0.455. The second kappa shape index (κ2) is 6.07. The van der Waals surface area contributed by atoms with Crippen molar-refractivity contribution in [3.8, 4) is 0 Å². The molecule has 2 rings (SSSR count). The van der Waals surface area contributed by atoms with Gasteiger partial charge in [0, 0.05) is 0 Å². The van der Waals surface area contributed by atoms with Gasteiger partial charge in [-0.05, 0) is 36.8 Å². The van der Waals surface area contributed by atoms with Crippen LogP contribution in [0, 0.1) is 5.92 Å². The second-order valence-corrected chi connectivity index (χ2v) is 3.83. The predicted molar refractivity (Wildman–Crippen MR) is 60.1 cm³/mol. The van der Waals surface area contributed by atoms with Crippen molar-refractivity contribution in [2.45, 2.75) is 25.7 Å². The van der Waals surface area contributed by atoms with Crippen molar-refractivity contribution in [3.63, 3.8) is 0 Å². The molecule has 0 saturated heterocycles. The minimum atomic E-state index is 0. The highest BCUT2D eigenvalue weighted by Gasteiger charge is 2.06. The molecule has 0 amide bonds. The van der Waals surface area contributed by atoms with Gasteiger partial charge in [0.2, 0.25) is 0 Å². The molecule has 5 nitrogen and oxygen atoms in total. The molecule has 0 saturated carbocycles. The van der Waals surface area contributed by atoms with Crippen LogP contribution >= 0.6 is 0 Å². The zero-order valence-electron chi connectivity index (χ0n) is 9.08. The summed E-state index contributed by atoms with van der Waals surface area (Å²) in [6.45, 7) is 0. The Hall–Kier alpha value is -1.62. The van der Waals surface area contributed by atoms with Crippen LogP contribution in [0.25, 0.3) is 0 Å². The molecule has 1 aliphatic rings. The quantitative estimate of drug-likeness (QED) is 0.777. The molecule has 1 atom stereocenters. The molecule has 0 spiro atoms. The van der Waals surface area contributed by atoms with Crippen molar-refractivity contribution in [2.24, 2.45) is 5.92 Å². The zero-order valence-corrected chi connectivity index (χ0v) is 9.08. The Kier molecular flexibility index (Phi) is 4.72. The van der Waals surface area contributed by atoms with Crippen molar-refractivity contribution >= 4 is 0 Å². The molecule has 1 aromatic rings. The lowest BCUT2D eigenvalue weighted by Crippen LogP contribution is -1.98. The topological polar surface area (TPSA) is 82.4 Å². The van der Waals surface area contributed by atoms with Gasteiger partial charge in [-0.3, -0.25) is 0 Å². The summed E-state index contributed by atoms with van der Waals surface area (Å²) in [6.07, 6.45) is 14.5. The minimum absolute atomic E-state index is 0. The number of rotatable bonds is 4. The van der Waals surface area contributed by atoms with Gasteiger partial charge < -0.3 is 10.7 Å². The van der Waals surface area contributed by atoms with E-state index in [0.717, 1.165) is 29.8 Å². The number of aromatic nitrogens is 3. The molecule has 16 heavy (non-hydrogen) atoms. The zero-order chi connectivity index (χ0) is 10.5. The first-order chi connectivity index (χ1) is 7.34. The van der Waals surface area contributed by atoms with Gasteiger partial charge >= 0.3 is 0 Å². The van der Waals surface area contributed by atoms with Crippen LogP contribution in [-0.4, -0.2) is 25.8 Å². The van der Waals surface area contributed by atoms with E-state index >= 15 is 0 Å². The fourth-order valence-corrected chi connectivity index (χ4v) is 1.79. The van der Waals surface area contributed by atoms with Crippen molar-refractivity contribution in [1.29, 1.82) is 0 Å². The molecule has 1 aromatic heterocycles. The predicted octanol–water partition coefficient (Wildman–Crippen LogP) is 1.15. The van der Waals surface area contributed by atoms with E-state index in [-0.39, 0.29) is 5.48 Å². The smallest absolute Gasteiger partial charge is 0.0900 e. The lowest BCUT2D eigenvalue weighted by atomic mass is 9.95. The van der Waals surface area contributed by atoms with E-state index in [4.69, 9.17) is 5.21 Å². The number of allylic oxidation sites excluding steroid dienone is 4. The molecule has 0 fully saturated rings. The van der Waals surface area contributed by atoms with E-state index in [2.05, 4.69) is 34.6 Å². The third kappa shape index (κ3) is 3.51. The third-order valence-corrected chi connectivity index (χ3v) is 2.61. The van der Waals surface area contributed by atoms with E-state index in [1.165, 1.54) is 6.42 Å². The van der Waals surface area contributed by atoms with E-state index in [1.807, 2.05) is 0 Å². The van der Waals surface area contributed by atoms with Crippen LogP contribution in [-0.2, 0) is 6.42 Å². The van der Waals surface area contributed by atoms with Crippen LogP contribution in [0.2, 0.25) is 0 Å². The van der Waals surface area contributed by atoms with Crippen LogP contribution < -0.4 is 0 Å². The molecular weight excluding hydrogens is 206 g/mol. The largest absolute Gasteiger partial charge is 0.412 e. The third-order valence-electron chi connectivity index (χ3n) is 2.61.